The number of aromatic carboxylic acids is 2. The molecule has 0 heterocycles. The molecule has 0 unspecified atom stereocenters. The Kier molecular flexibility index (Phi) is 3.33. The average Bonchev–Trinajstić information content (AvgIpc) is 2.96. The second-order valence-corrected chi connectivity index (χ2v) is 4.22. The maximum absolute atomic E-state index is 10.6. The molecular weight excluding hydrogens is 244 g/mol. The number of rotatable bonds is 2. The van der Waals surface area contributed by atoms with Crippen LogP contribution >= 0.6 is 0 Å². The van der Waals surface area contributed by atoms with Gasteiger partial charge in [-0.1, -0.05) is 24.3 Å². The third-order valence-corrected chi connectivity index (χ3v) is 2.83. The minimum absolute atomic E-state index is 0.0111. The molecule has 1 aromatic carbocycles. The van der Waals surface area contributed by atoms with E-state index >= 15 is 0 Å². The van der Waals surface area contributed by atoms with Crippen molar-refractivity contribution in [3.8, 4) is 11.1 Å². The fraction of sp³-hybridized carbons (Fsp3) is 0.0667. The first-order valence-corrected chi connectivity index (χ1v) is 5.66. The van der Waals surface area contributed by atoms with Crippen LogP contribution in [-0.4, -0.2) is 22.2 Å². The summed E-state index contributed by atoms with van der Waals surface area (Å²) < 4.78 is 0. The van der Waals surface area contributed by atoms with Crippen molar-refractivity contribution < 1.29 is 19.8 Å². The van der Waals surface area contributed by atoms with Gasteiger partial charge in [-0.2, -0.15) is 0 Å². The molecule has 0 radical (unpaired) electrons. The molecule has 19 heavy (non-hydrogen) atoms. The number of aryl methyl sites for hydroxylation is 1. The van der Waals surface area contributed by atoms with Crippen LogP contribution in [0.15, 0.2) is 42.5 Å². The van der Waals surface area contributed by atoms with Crippen LogP contribution < -0.4 is 0 Å². The van der Waals surface area contributed by atoms with Gasteiger partial charge in [0.25, 0.3) is 0 Å². The molecule has 0 saturated carbocycles. The Bertz CT molecular complexity index is 642. The summed E-state index contributed by atoms with van der Waals surface area (Å²) in [5, 5.41) is 17.3. The number of hydrogen-bond donors (Lipinski definition) is 2. The first-order valence-electron chi connectivity index (χ1n) is 5.66. The Labute approximate surface area is 109 Å². The van der Waals surface area contributed by atoms with E-state index in [9.17, 15) is 9.59 Å². The predicted molar refractivity (Wildman–Crippen MR) is 70.5 cm³/mol. The van der Waals surface area contributed by atoms with Gasteiger partial charge in [-0.15, -0.1) is 0 Å². The molecule has 0 amide bonds. The van der Waals surface area contributed by atoms with Crippen LogP contribution in [0, 0.1) is 6.92 Å². The van der Waals surface area contributed by atoms with Crippen molar-refractivity contribution in [2.24, 2.45) is 0 Å². The molecule has 0 fully saturated rings. The van der Waals surface area contributed by atoms with Gasteiger partial charge in [0.2, 0.25) is 0 Å². The first kappa shape index (κ1) is 12.8. The van der Waals surface area contributed by atoms with E-state index < -0.39 is 11.9 Å². The quantitative estimate of drug-likeness (QED) is 0.739. The van der Waals surface area contributed by atoms with E-state index in [0.717, 1.165) is 6.07 Å². The van der Waals surface area contributed by atoms with E-state index in [0.29, 0.717) is 5.56 Å². The number of carboxylic acids is 2. The van der Waals surface area contributed by atoms with Crippen LogP contribution in [-0.2, 0) is 0 Å². The van der Waals surface area contributed by atoms with E-state index in [1.807, 2.05) is 0 Å². The van der Waals surface area contributed by atoms with Crippen LogP contribution in [0.4, 0.5) is 0 Å². The molecule has 0 aliphatic heterocycles. The van der Waals surface area contributed by atoms with E-state index in [1.54, 1.807) is 6.92 Å². The lowest BCUT2D eigenvalue weighted by atomic mass is 10.1. The number of carboxylic acid groups (broad SMARTS) is 2. The molecule has 0 spiro atoms. The van der Waals surface area contributed by atoms with Gasteiger partial charge < -0.3 is 10.2 Å². The maximum atomic E-state index is 10.6. The smallest absolute Gasteiger partial charge is 0.335 e. The summed E-state index contributed by atoms with van der Waals surface area (Å²) >= 11 is 0. The largest absolute Gasteiger partial charge is 0.478 e. The molecule has 0 aromatic heterocycles. The Balaban J connectivity index is 0.000000180. The Hall–Kier alpha value is -2.62. The number of carbonyl (C=O) groups is 2. The normalized spacial score (nSPS) is 10.2. The summed E-state index contributed by atoms with van der Waals surface area (Å²) in [6.07, 6.45) is 0. The molecule has 0 atom stereocenters. The number of fused-ring (bicyclic) bond motifs is 1. The van der Waals surface area contributed by atoms with E-state index in [1.165, 1.54) is 23.3 Å². The van der Waals surface area contributed by atoms with Crippen LogP contribution in [0.2, 0.25) is 0 Å². The van der Waals surface area contributed by atoms with Gasteiger partial charge in [0.05, 0.1) is 11.1 Å². The molecule has 4 heteroatoms. The molecule has 0 saturated heterocycles. The highest BCUT2D eigenvalue weighted by Crippen LogP contribution is 2.32. The van der Waals surface area contributed by atoms with Crippen molar-refractivity contribution in [2.45, 2.75) is 6.92 Å². The number of hydrogen-bond acceptors (Lipinski definition) is 2. The molecule has 0 bridgehead atoms. The van der Waals surface area contributed by atoms with Gasteiger partial charge in [-0.25, -0.2) is 9.59 Å². The highest BCUT2D eigenvalue weighted by atomic mass is 16.4. The third kappa shape index (κ3) is 2.98. The second-order valence-electron chi connectivity index (χ2n) is 4.22. The molecule has 4 nitrogen and oxygen atoms in total. The molecule has 2 aliphatic rings. The molecule has 96 valence electrons. The van der Waals surface area contributed by atoms with Gasteiger partial charge in [-0.05, 0) is 41.8 Å². The first-order chi connectivity index (χ1) is 8.99. The van der Waals surface area contributed by atoms with Gasteiger partial charge >= 0.3 is 11.9 Å². The van der Waals surface area contributed by atoms with Crippen molar-refractivity contribution in [3.63, 3.8) is 0 Å². The maximum Gasteiger partial charge on any atom is 0.335 e. The fourth-order valence-electron chi connectivity index (χ4n) is 1.66. The van der Waals surface area contributed by atoms with Crippen LogP contribution in [0.5, 0.6) is 0 Å². The SMILES string of the molecule is Cc1ccc(C(=O)O)cc1C(=O)O.c1cc2cc-2c1. The van der Waals surface area contributed by atoms with Crippen molar-refractivity contribution in [1.29, 1.82) is 0 Å². The highest BCUT2D eigenvalue weighted by molar-refractivity contribution is 5.94. The third-order valence-electron chi connectivity index (χ3n) is 2.83. The van der Waals surface area contributed by atoms with Crippen molar-refractivity contribution in [1.82, 2.24) is 0 Å². The molecule has 2 aliphatic carbocycles. The molecule has 2 N–H and O–H groups in total. The van der Waals surface area contributed by atoms with Crippen LogP contribution in [0.1, 0.15) is 26.3 Å². The zero-order valence-corrected chi connectivity index (χ0v) is 10.3. The summed E-state index contributed by atoms with van der Waals surface area (Å²) in [5.74, 6) is -2.23. The Morgan fingerprint density at radius 1 is 0.895 bits per heavy atom. The van der Waals surface area contributed by atoms with Gasteiger partial charge in [0.15, 0.2) is 0 Å². The summed E-state index contributed by atoms with van der Waals surface area (Å²) in [4.78, 5) is 21.1. The summed E-state index contributed by atoms with van der Waals surface area (Å²) in [6, 6.07) is 12.5. The molecular formula is C15H12O4. The van der Waals surface area contributed by atoms with Crippen LogP contribution in [0.25, 0.3) is 11.1 Å². The summed E-state index contributed by atoms with van der Waals surface area (Å²) in [7, 11) is 0. The van der Waals surface area contributed by atoms with Gasteiger partial charge in [0, 0.05) is 0 Å². The minimum Gasteiger partial charge on any atom is -0.478 e. The topological polar surface area (TPSA) is 74.6 Å². The van der Waals surface area contributed by atoms with Gasteiger partial charge in [0.1, 0.15) is 0 Å². The zero-order valence-electron chi connectivity index (χ0n) is 10.3. The molecule has 3 rings (SSSR count). The standard InChI is InChI=1S/C9H8O4.C6H4/c1-5-2-3-6(8(10)11)4-7(5)9(12)13;1-2-5-4-6(5)3-1/h2-4H,1H3,(H,10,11)(H,12,13);1-4H. The van der Waals surface area contributed by atoms with E-state index in [-0.39, 0.29) is 11.1 Å². The zero-order chi connectivity index (χ0) is 14.0. The average molecular weight is 256 g/mol. The highest BCUT2D eigenvalue weighted by Gasteiger charge is 2.10. The lowest BCUT2D eigenvalue weighted by molar-refractivity contribution is 0.0695. The predicted octanol–water partition coefficient (Wildman–Crippen LogP) is 3.06. The summed E-state index contributed by atoms with van der Waals surface area (Å²) in [5.41, 5.74) is 3.42. The number of benzene rings is 2. The Morgan fingerprint density at radius 2 is 1.53 bits per heavy atom. The van der Waals surface area contributed by atoms with Crippen molar-refractivity contribution in [2.75, 3.05) is 0 Å². The van der Waals surface area contributed by atoms with Crippen molar-refractivity contribution in [3.05, 3.63) is 59.2 Å². The van der Waals surface area contributed by atoms with Gasteiger partial charge in [-0.3, -0.25) is 0 Å². The summed E-state index contributed by atoms with van der Waals surface area (Å²) in [6.45, 7) is 1.62. The lowest BCUT2D eigenvalue weighted by Gasteiger charge is -2.01. The Morgan fingerprint density at radius 3 is 1.89 bits per heavy atom. The second kappa shape index (κ2) is 4.94. The molecule has 1 aromatic rings. The van der Waals surface area contributed by atoms with Crippen LogP contribution in [0.3, 0.4) is 0 Å². The lowest BCUT2D eigenvalue weighted by Crippen LogP contribution is -2.03. The van der Waals surface area contributed by atoms with Crippen molar-refractivity contribution >= 4 is 11.9 Å². The minimum atomic E-state index is -1.12. The van der Waals surface area contributed by atoms with E-state index in [4.69, 9.17) is 10.2 Å². The monoisotopic (exact) mass is 256 g/mol. The fourth-order valence-corrected chi connectivity index (χ4v) is 1.66. The van der Waals surface area contributed by atoms with E-state index in [2.05, 4.69) is 24.3 Å².